The Morgan fingerprint density at radius 3 is 1.73 bits per heavy atom. The largest absolute Gasteiger partial charge is 0.465 e. The number of rotatable bonds is 5. The van der Waals surface area contributed by atoms with E-state index in [0.717, 1.165) is 11.4 Å². The zero-order valence-electron chi connectivity index (χ0n) is 25.8. The summed E-state index contributed by atoms with van der Waals surface area (Å²) in [5.74, 6) is 0.0190. The number of esters is 2. The standard InChI is InChI=1S/C34H34N4O7/c1-35(2)30(39)20-15-37(16-20)22-7-10-25-28(13-22)44-29-14-23(38-17-21(18-38)31(40)36(3)4)8-11-26(29)34(25)27-12-19(32(41)43-5)6-9-24(27)33(42)45-34/h6-14,20-21H,15-18H2,1-5H3. The van der Waals surface area contributed by atoms with Crippen LogP contribution in [-0.2, 0) is 24.7 Å². The predicted octanol–water partition coefficient (Wildman–Crippen LogP) is 3.09. The van der Waals surface area contributed by atoms with Gasteiger partial charge in [-0.05, 0) is 42.5 Å². The second-order valence-electron chi connectivity index (χ2n) is 12.5. The van der Waals surface area contributed by atoms with Gasteiger partial charge in [-0.2, -0.15) is 0 Å². The third kappa shape index (κ3) is 4.32. The summed E-state index contributed by atoms with van der Waals surface area (Å²) in [6.07, 6.45) is 0. The van der Waals surface area contributed by atoms with Gasteiger partial charge in [-0.25, -0.2) is 9.59 Å². The summed E-state index contributed by atoms with van der Waals surface area (Å²) in [6.45, 7) is 2.35. The molecule has 2 fully saturated rings. The first-order valence-electron chi connectivity index (χ1n) is 14.9. The molecule has 7 rings (SSSR count). The predicted molar refractivity (Wildman–Crippen MR) is 165 cm³/mol. The molecule has 11 heteroatoms. The fourth-order valence-electron chi connectivity index (χ4n) is 6.76. The molecule has 3 aromatic carbocycles. The first-order valence-corrected chi connectivity index (χ1v) is 14.9. The van der Waals surface area contributed by atoms with Crippen molar-refractivity contribution in [1.29, 1.82) is 0 Å². The maximum atomic E-state index is 13.4. The Morgan fingerprint density at radius 1 is 0.756 bits per heavy atom. The van der Waals surface area contributed by atoms with E-state index in [4.69, 9.17) is 14.2 Å². The number of hydrogen-bond donors (Lipinski definition) is 0. The van der Waals surface area contributed by atoms with Crippen molar-refractivity contribution in [2.75, 3.05) is 71.3 Å². The summed E-state index contributed by atoms with van der Waals surface area (Å²) >= 11 is 0. The minimum atomic E-state index is -1.37. The quantitative estimate of drug-likeness (QED) is 0.403. The van der Waals surface area contributed by atoms with Crippen LogP contribution >= 0.6 is 0 Å². The van der Waals surface area contributed by atoms with Gasteiger partial charge in [-0.15, -0.1) is 0 Å². The second kappa shape index (κ2) is 10.3. The fourth-order valence-corrected chi connectivity index (χ4v) is 6.76. The average Bonchev–Trinajstić information content (AvgIpc) is 3.26. The monoisotopic (exact) mass is 610 g/mol. The lowest BCUT2D eigenvalue weighted by atomic mass is 9.77. The van der Waals surface area contributed by atoms with Crippen molar-refractivity contribution in [3.63, 3.8) is 0 Å². The molecule has 2 amide bonds. The molecular weight excluding hydrogens is 576 g/mol. The van der Waals surface area contributed by atoms with Crippen LogP contribution in [0.3, 0.4) is 0 Å². The van der Waals surface area contributed by atoms with Crippen LogP contribution in [0.2, 0.25) is 0 Å². The number of benzene rings is 3. The molecule has 4 aliphatic heterocycles. The number of nitrogens with zero attached hydrogens (tertiary/aromatic N) is 4. The third-order valence-corrected chi connectivity index (χ3v) is 9.27. The second-order valence-corrected chi connectivity index (χ2v) is 12.5. The Morgan fingerprint density at radius 2 is 1.27 bits per heavy atom. The topological polar surface area (TPSA) is 109 Å². The number of methoxy groups -OCH3 is 1. The van der Waals surface area contributed by atoms with Gasteiger partial charge in [0, 0.05) is 94.6 Å². The van der Waals surface area contributed by atoms with Crippen molar-refractivity contribution < 1.29 is 33.4 Å². The summed E-state index contributed by atoms with van der Waals surface area (Å²) in [7, 11) is 8.35. The maximum Gasteiger partial charge on any atom is 0.340 e. The van der Waals surface area contributed by atoms with Gasteiger partial charge in [0.05, 0.1) is 30.1 Å². The molecule has 232 valence electrons. The van der Waals surface area contributed by atoms with E-state index in [1.807, 2.05) is 36.4 Å². The van der Waals surface area contributed by atoms with Crippen molar-refractivity contribution in [2.24, 2.45) is 11.8 Å². The lowest BCUT2D eigenvalue weighted by Gasteiger charge is -2.43. The van der Waals surface area contributed by atoms with E-state index in [1.165, 1.54) is 7.11 Å². The molecule has 4 aliphatic rings. The maximum absolute atomic E-state index is 13.4. The molecule has 0 saturated carbocycles. The highest BCUT2D eigenvalue weighted by molar-refractivity contribution is 5.99. The van der Waals surface area contributed by atoms with Crippen LogP contribution in [0.5, 0.6) is 11.5 Å². The SMILES string of the molecule is COC(=O)c1ccc2c(c1)C1(OC2=O)c2ccc(N3CC(C(=O)N(C)C)C3)cc2Oc2cc(N3CC(C(=O)N(C)C)C3)ccc21. The van der Waals surface area contributed by atoms with E-state index in [0.29, 0.717) is 65.5 Å². The van der Waals surface area contributed by atoms with E-state index < -0.39 is 17.5 Å². The van der Waals surface area contributed by atoms with Crippen LogP contribution in [0, 0.1) is 11.8 Å². The summed E-state index contributed by atoms with van der Waals surface area (Å²) in [5.41, 5.74) is 2.83. The van der Waals surface area contributed by atoms with Gasteiger partial charge in [0.1, 0.15) is 11.5 Å². The minimum Gasteiger partial charge on any atom is -0.465 e. The van der Waals surface area contributed by atoms with E-state index in [2.05, 4.69) is 9.80 Å². The molecule has 0 unspecified atom stereocenters. The molecular formula is C34H34N4O7. The summed E-state index contributed by atoms with van der Waals surface area (Å²) in [6, 6.07) is 16.3. The Kier molecular flexibility index (Phi) is 6.54. The molecule has 3 aromatic rings. The third-order valence-electron chi connectivity index (χ3n) is 9.27. The smallest absolute Gasteiger partial charge is 0.340 e. The molecule has 2 saturated heterocycles. The van der Waals surface area contributed by atoms with Crippen LogP contribution in [0.15, 0.2) is 54.6 Å². The molecule has 0 atom stereocenters. The first-order chi connectivity index (χ1) is 21.5. The highest BCUT2D eigenvalue weighted by atomic mass is 16.6. The Hall–Kier alpha value is -5.06. The van der Waals surface area contributed by atoms with Gasteiger partial charge in [-0.3, -0.25) is 9.59 Å². The lowest BCUT2D eigenvalue weighted by Crippen LogP contribution is -2.53. The van der Waals surface area contributed by atoms with Crippen LogP contribution in [0.4, 0.5) is 11.4 Å². The van der Waals surface area contributed by atoms with Crippen LogP contribution in [0.1, 0.15) is 37.4 Å². The van der Waals surface area contributed by atoms with Gasteiger partial charge in [0.25, 0.3) is 0 Å². The van der Waals surface area contributed by atoms with Gasteiger partial charge < -0.3 is 33.8 Å². The molecule has 0 radical (unpaired) electrons. The minimum absolute atomic E-state index is 0.0780. The average molecular weight is 611 g/mol. The summed E-state index contributed by atoms with van der Waals surface area (Å²) in [4.78, 5) is 58.4. The van der Waals surface area contributed by atoms with E-state index in [-0.39, 0.29) is 23.7 Å². The van der Waals surface area contributed by atoms with Crippen molar-refractivity contribution in [2.45, 2.75) is 5.60 Å². The summed E-state index contributed by atoms with van der Waals surface area (Å²) < 4.78 is 17.9. The Balaban J connectivity index is 1.31. The molecule has 0 N–H and O–H groups in total. The highest BCUT2D eigenvalue weighted by Crippen LogP contribution is 2.57. The summed E-state index contributed by atoms with van der Waals surface area (Å²) in [5, 5.41) is 0. The van der Waals surface area contributed by atoms with Crippen molar-refractivity contribution >= 4 is 35.1 Å². The molecule has 0 aromatic heterocycles. The van der Waals surface area contributed by atoms with Crippen LogP contribution in [-0.4, -0.2) is 95.0 Å². The number of anilines is 2. The molecule has 0 aliphatic carbocycles. The van der Waals surface area contributed by atoms with E-state index in [1.54, 1.807) is 56.2 Å². The normalized spacial score (nSPS) is 17.7. The molecule has 4 heterocycles. The number of hydrogen-bond acceptors (Lipinski definition) is 9. The molecule has 45 heavy (non-hydrogen) atoms. The molecule has 0 bridgehead atoms. The van der Waals surface area contributed by atoms with Crippen molar-refractivity contribution in [3.8, 4) is 11.5 Å². The van der Waals surface area contributed by atoms with Gasteiger partial charge >= 0.3 is 11.9 Å². The number of carbonyl (C=O) groups is 4. The first kappa shape index (κ1) is 28.7. The zero-order chi connectivity index (χ0) is 31.8. The number of fused-ring (bicyclic) bond motifs is 6. The van der Waals surface area contributed by atoms with Gasteiger partial charge in [0.15, 0.2) is 5.60 Å². The van der Waals surface area contributed by atoms with Crippen LogP contribution in [0.25, 0.3) is 0 Å². The molecule has 1 spiro atoms. The van der Waals surface area contributed by atoms with Crippen molar-refractivity contribution in [3.05, 3.63) is 82.4 Å². The molecule has 11 nitrogen and oxygen atoms in total. The fraction of sp³-hybridized carbons (Fsp3) is 0.353. The van der Waals surface area contributed by atoms with E-state index >= 15 is 0 Å². The lowest BCUT2D eigenvalue weighted by molar-refractivity contribution is -0.134. The number of amides is 2. The van der Waals surface area contributed by atoms with E-state index in [9.17, 15) is 19.2 Å². The highest BCUT2D eigenvalue weighted by Gasteiger charge is 2.54. The van der Waals surface area contributed by atoms with Gasteiger partial charge in [0.2, 0.25) is 11.8 Å². The Bertz CT molecular complexity index is 1690. The van der Waals surface area contributed by atoms with Gasteiger partial charge in [-0.1, -0.05) is 0 Å². The van der Waals surface area contributed by atoms with Crippen molar-refractivity contribution in [1.82, 2.24) is 9.80 Å². The van der Waals surface area contributed by atoms with Crippen LogP contribution < -0.4 is 14.5 Å². The number of carbonyl (C=O) groups excluding carboxylic acids is 4. The number of ether oxygens (including phenoxy) is 3. The Labute approximate surface area is 260 Å². The zero-order valence-corrected chi connectivity index (χ0v) is 25.8.